The molecule has 1 aromatic heterocycles. The number of benzene rings is 3. The summed E-state index contributed by atoms with van der Waals surface area (Å²) in [5.74, 6) is -4.83. The zero-order valence-electron chi connectivity index (χ0n) is 18.8. The van der Waals surface area contributed by atoms with Crippen molar-refractivity contribution in [2.24, 2.45) is 0 Å². The minimum absolute atomic E-state index is 0.0884. The predicted octanol–water partition coefficient (Wildman–Crippen LogP) is 4.87. The van der Waals surface area contributed by atoms with Crippen LogP contribution in [0.25, 0.3) is 22.3 Å². The molecular weight excluding hydrogens is 478 g/mol. The van der Waals surface area contributed by atoms with Gasteiger partial charge in [-0.05, 0) is 17.7 Å². The number of carbonyl (C=O) groups excluding carboxylic acids is 1. The number of methoxy groups -OCH3 is 1. The van der Waals surface area contributed by atoms with Gasteiger partial charge in [0.2, 0.25) is 5.75 Å². The number of alkyl halides is 2. The first-order valence-corrected chi connectivity index (χ1v) is 10.6. The van der Waals surface area contributed by atoms with Gasteiger partial charge in [-0.15, -0.1) is 0 Å². The number of phenols is 3. The Bertz CT molecular complexity index is 1480. The summed E-state index contributed by atoms with van der Waals surface area (Å²) in [5.41, 5.74) is -0.548. The average Bonchev–Trinajstić information content (AvgIpc) is 2.86. The van der Waals surface area contributed by atoms with E-state index in [0.29, 0.717) is 5.56 Å². The van der Waals surface area contributed by atoms with Crippen LogP contribution in [0.1, 0.15) is 23.5 Å². The van der Waals surface area contributed by atoms with Crippen LogP contribution < -0.4 is 10.2 Å². The van der Waals surface area contributed by atoms with Gasteiger partial charge in [-0.2, -0.15) is 8.78 Å². The Kier molecular flexibility index (Phi) is 6.77. The Balaban J connectivity index is 2.05. The normalized spacial score (nSPS) is 12.0. The van der Waals surface area contributed by atoms with E-state index in [9.17, 15) is 33.7 Å². The Labute approximate surface area is 202 Å². The summed E-state index contributed by atoms with van der Waals surface area (Å²) in [4.78, 5) is 25.3. The third-order valence-corrected chi connectivity index (χ3v) is 5.62. The van der Waals surface area contributed by atoms with E-state index in [1.807, 2.05) is 0 Å². The number of ether oxygens (including phenoxy) is 2. The van der Waals surface area contributed by atoms with Gasteiger partial charge in [0.05, 0.1) is 13.5 Å². The van der Waals surface area contributed by atoms with Gasteiger partial charge in [-0.25, -0.2) is 0 Å². The molecule has 36 heavy (non-hydrogen) atoms. The van der Waals surface area contributed by atoms with Gasteiger partial charge in [0.15, 0.2) is 16.9 Å². The van der Waals surface area contributed by atoms with Gasteiger partial charge in [-0.3, -0.25) is 9.59 Å². The fraction of sp³-hybridized carbons (Fsp3) is 0.154. The molecule has 0 unspecified atom stereocenters. The molecule has 1 atom stereocenters. The second-order valence-electron chi connectivity index (χ2n) is 7.79. The van der Waals surface area contributed by atoms with Gasteiger partial charge in [0.25, 0.3) is 0 Å². The summed E-state index contributed by atoms with van der Waals surface area (Å²) < 4.78 is 40.8. The Morgan fingerprint density at radius 1 is 0.972 bits per heavy atom. The van der Waals surface area contributed by atoms with Crippen LogP contribution in [0.2, 0.25) is 0 Å². The van der Waals surface area contributed by atoms with Crippen molar-refractivity contribution in [1.82, 2.24) is 0 Å². The number of phenolic OH excluding ortho intramolecular Hbond substituents is 3. The zero-order valence-corrected chi connectivity index (χ0v) is 18.8. The fourth-order valence-corrected chi connectivity index (χ4v) is 3.99. The molecule has 186 valence electrons. The van der Waals surface area contributed by atoms with E-state index in [2.05, 4.69) is 4.74 Å². The van der Waals surface area contributed by atoms with Crippen LogP contribution in [0.3, 0.4) is 0 Å². The maximum Gasteiger partial charge on any atom is 0.387 e. The Morgan fingerprint density at radius 2 is 1.69 bits per heavy atom. The lowest BCUT2D eigenvalue weighted by molar-refractivity contribution is -0.140. The molecule has 1 heterocycles. The molecule has 3 N–H and O–H groups in total. The second kappa shape index (κ2) is 9.95. The molecule has 0 bridgehead atoms. The summed E-state index contributed by atoms with van der Waals surface area (Å²) in [5, 5.41) is 31.4. The molecule has 4 aromatic rings. The largest absolute Gasteiger partial charge is 0.504 e. The smallest absolute Gasteiger partial charge is 0.387 e. The predicted molar refractivity (Wildman–Crippen MR) is 124 cm³/mol. The van der Waals surface area contributed by atoms with Crippen molar-refractivity contribution >= 4 is 16.9 Å². The first kappa shape index (κ1) is 24.5. The van der Waals surface area contributed by atoms with Crippen molar-refractivity contribution in [3.05, 3.63) is 82.0 Å². The van der Waals surface area contributed by atoms with Crippen molar-refractivity contribution in [2.45, 2.75) is 19.0 Å². The van der Waals surface area contributed by atoms with Crippen molar-refractivity contribution in [3.63, 3.8) is 0 Å². The average molecular weight is 498 g/mol. The summed E-state index contributed by atoms with van der Waals surface area (Å²) in [7, 11) is 1.13. The number of carbonyl (C=O) groups is 1. The second-order valence-corrected chi connectivity index (χ2v) is 7.79. The Hall–Kier alpha value is -4.60. The monoisotopic (exact) mass is 498 g/mol. The highest BCUT2D eigenvalue weighted by Crippen LogP contribution is 2.49. The van der Waals surface area contributed by atoms with Crippen LogP contribution in [0.5, 0.6) is 23.0 Å². The fourth-order valence-electron chi connectivity index (χ4n) is 3.99. The van der Waals surface area contributed by atoms with E-state index >= 15 is 0 Å². The number of hydrogen-bond acceptors (Lipinski definition) is 8. The van der Waals surface area contributed by atoms with Crippen LogP contribution in [0.15, 0.2) is 69.9 Å². The van der Waals surface area contributed by atoms with E-state index in [1.54, 1.807) is 30.3 Å². The molecule has 4 rings (SSSR count). The summed E-state index contributed by atoms with van der Waals surface area (Å²) in [6, 6.07) is 15.0. The van der Waals surface area contributed by atoms with Gasteiger partial charge >= 0.3 is 12.6 Å². The lowest BCUT2D eigenvalue weighted by atomic mass is 9.86. The van der Waals surface area contributed by atoms with Crippen molar-refractivity contribution in [3.8, 4) is 34.3 Å². The third kappa shape index (κ3) is 4.65. The molecule has 0 amide bonds. The summed E-state index contributed by atoms with van der Waals surface area (Å²) >= 11 is 0. The molecule has 0 radical (unpaired) electrons. The van der Waals surface area contributed by atoms with Crippen LogP contribution in [-0.2, 0) is 9.53 Å². The number of hydrogen-bond donors (Lipinski definition) is 3. The minimum atomic E-state index is -3.11. The maximum absolute atomic E-state index is 13.0. The standard InChI is InChI=1S/C26H20F2O8/c1-34-19(30)11-16(14-8-5-9-15(10-14)35-26(27)28)20-22(31)24(33)23(32)21-17(29)12-18(36-25(20)21)13-6-3-2-4-7-13/h2-10,12,16,26,31-33H,11H2,1H3/t16-/m0/s1. The maximum atomic E-state index is 13.0. The number of rotatable bonds is 7. The number of esters is 1. The highest BCUT2D eigenvalue weighted by molar-refractivity contribution is 5.93. The molecule has 0 fully saturated rings. The number of aromatic hydroxyl groups is 3. The molecule has 0 aliphatic carbocycles. The lowest BCUT2D eigenvalue weighted by Gasteiger charge is -2.21. The first-order valence-electron chi connectivity index (χ1n) is 10.6. The van der Waals surface area contributed by atoms with Gasteiger partial charge in [0, 0.05) is 23.1 Å². The first-order chi connectivity index (χ1) is 17.2. The Morgan fingerprint density at radius 3 is 2.36 bits per heavy atom. The van der Waals surface area contributed by atoms with E-state index < -0.39 is 53.0 Å². The molecule has 0 saturated carbocycles. The molecule has 0 saturated heterocycles. The quantitative estimate of drug-likeness (QED) is 0.243. The molecule has 3 aromatic carbocycles. The number of fused-ring (bicyclic) bond motifs is 1. The molecule has 10 heteroatoms. The van der Waals surface area contributed by atoms with Gasteiger partial charge < -0.3 is 29.2 Å². The highest BCUT2D eigenvalue weighted by atomic mass is 19.3. The molecular formula is C26H20F2O8. The van der Waals surface area contributed by atoms with Crippen molar-refractivity contribution in [1.29, 1.82) is 0 Å². The molecule has 0 aliphatic rings. The zero-order chi connectivity index (χ0) is 26.0. The van der Waals surface area contributed by atoms with Crippen molar-refractivity contribution in [2.75, 3.05) is 7.11 Å². The highest BCUT2D eigenvalue weighted by Gasteiger charge is 2.31. The van der Waals surface area contributed by atoms with Crippen LogP contribution >= 0.6 is 0 Å². The SMILES string of the molecule is COC(=O)C[C@@H](c1cccc(OC(F)F)c1)c1c(O)c(O)c(O)c2c(=O)cc(-c3ccccc3)oc12. The van der Waals surface area contributed by atoms with Gasteiger partial charge in [-0.1, -0.05) is 42.5 Å². The molecule has 8 nitrogen and oxygen atoms in total. The minimum Gasteiger partial charge on any atom is -0.504 e. The van der Waals surface area contributed by atoms with Crippen LogP contribution in [-0.4, -0.2) is 35.0 Å². The number of halogens is 2. The van der Waals surface area contributed by atoms with E-state index in [4.69, 9.17) is 9.15 Å². The van der Waals surface area contributed by atoms with Gasteiger partial charge in [0.1, 0.15) is 22.5 Å². The van der Waals surface area contributed by atoms with Crippen LogP contribution in [0.4, 0.5) is 8.78 Å². The topological polar surface area (TPSA) is 126 Å². The molecule has 0 aliphatic heterocycles. The lowest BCUT2D eigenvalue weighted by Crippen LogP contribution is -2.13. The van der Waals surface area contributed by atoms with E-state index in [1.165, 1.54) is 24.3 Å². The third-order valence-electron chi connectivity index (χ3n) is 5.62. The molecule has 0 spiro atoms. The van der Waals surface area contributed by atoms with E-state index in [0.717, 1.165) is 13.2 Å². The summed E-state index contributed by atoms with van der Waals surface area (Å²) in [6.45, 7) is -3.11. The van der Waals surface area contributed by atoms with Crippen molar-refractivity contribution < 1.29 is 42.8 Å². The van der Waals surface area contributed by atoms with E-state index in [-0.39, 0.29) is 28.2 Å². The summed E-state index contributed by atoms with van der Waals surface area (Å²) in [6.07, 6.45) is -0.444. The van der Waals surface area contributed by atoms with Crippen LogP contribution in [0, 0.1) is 0 Å².